The number of halogens is 1. The van der Waals surface area contributed by atoms with Crippen LogP contribution in [0, 0.1) is 0 Å². The van der Waals surface area contributed by atoms with Crippen LogP contribution < -0.4 is 0 Å². The molecule has 0 aromatic heterocycles. The van der Waals surface area contributed by atoms with E-state index in [0.29, 0.717) is 5.88 Å². The van der Waals surface area contributed by atoms with Crippen molar-refractivity contribution in [1.82, 2.24) is 0 Å². The van der Waals surface area contributed by atoms with E-state index in [2.05, 4.69) is 0 Å². The molecular weight excluding hydrogens is 164 g/mol. The summed E-state index contributed by atoms with van der Waals surface area (Å²) in [6.07, 6.45) is -0.000772. The summed E-state index contributed by atoms with van der Waals surface area (Å²) in [4.78, 5) is 0. The number of rotatable bonds is 1. The van der Waals surface area contributed by atoms with Gasteiger partial charge in [0, 0.05) is 0 Å². The molecule has 3 heteroatoms. The highest BCUT2D eigenvalue weighted by Gasteiger charge is 2.46. The van der Waals surface area contributed by atoms with Gasteiger partial charge >= 0.3 is 0 Å². The lowest BCUT2D eigenvalue weighted by atomic mass is 10.0. The highest BCUT2D eigenvalue weighted by atomic mass is 35.5. The third-order valence-electron chi connectivity index (χ3n) is 1.85. The summed E-state index contributed by atoms with van der Waals surface area (Å²) in [6.45, 7) is 7.80. The number of hydrogen-bond donors (Lipinski definition) is 0. The van der Waals surface area contributed by atoms with Crippen molar-refractivity contribution in [3.63, 3.8) is 0 Å². The van der Waals surface area contributed by atoms with Gasteiger partial charge in [-0.3, -0.25) is 0 Å². The van der Waals surface area contributed by atoms with E-state index >= 15 is 0 Å². The first-order valence-corrected chi connectivity index (χ1v) is 4.35. The van der Waals surface area contributed by atoms with Gasteiger partial charge in [-0.25, -0.2) is 0 Å². The van der Waals surface area contributed by atoms with Crippen LogP contribution in [-0.4, -0.2) is 23.4 Å². The molecule has 1 atom stereocenters. The fourth-order valence-corrected chi connectivity index (χ4v) is 1.86. The Morgan fingerprint density at radius 3 is 2.00 bits per heavy atom. The van der Waals surface area contributed by atoms with Gasteiger partial charge in [0.1, 0.15) is 6.10 Å². The Labute approximate surface area is 72.8 Å². The van der Waals surface area contributed by atoms with Crippen LogP contribution in [0.1, 0.15) is 27.7 Å². The zero-order chi connectivity index (χ0) is 8.70. The van der Waals surface area contributed by atoms with Crippen molar-refractivity contribution in [3.8, 4) is 0 Å². The third kappa shape index (κ3) is 1.86. The summed E-state index contributed by atoms with van der Waals surface area (Å²) >= 11 is 5.71. The number of alkyl halides is 1. The molecule has 66 valence electrons. The molecule has 0 aliphatic carbocycles. The normalized spacial score (nSPS) is 34.1. The second-order valence-corrected chi connectivity index (χ2v) is 4.17. The van der Waals surface area contributed by atoms with E-state index in [0.717, 1.165) is 0 Å². The third-order valence-corrected chi connectivity index (χ3v) is 2.13. The Balaban J connectivity index is 2.71. The lowest BCUT2D eigenvalue weighted by Crippen LogP contribution is -2.34. The quantitative estimate of drug-likeness (QED) is 0.573. The van der Waals surface area contributed by atoms with Crippen molar-refractivity contribution in [2.45, 2.75) is 45.2 Å². The minimum absolute atomic E-state index is 0.000772. The average molecular weight is 179 g/mol. The Bertz CT molecular complexity index is 154. The SMILES string of the molecule is CC1(C)OC(CCl)C(C)(C)O1. The molecule has 1 unspecified atom stereocenters. The molecule has 0 aromatic rings. The van der Waals surface area contributed by atoms with Gasteiger partial charge < -0.3 is 9.47 Å². The van der Waals surface area contributed by atoms with Gasteiger partial charge in [0.05, 0.1) is 11.5 Å². The molecule has 0 spiro atoms. The van der Waals surface area contributed by atoms with Gasteiger partial charge in [-0.05, 0) is 27.7 Å². The van der Waals surface area contributed by atoms with E-state index in [-0.39, 0.29) is 11.7 Å². The lowest BCUT2D eigenvalue weighted by Gasteiger charge is -2.22. The predicted octanol–water partition coefficient (Wildman–Crippen LogP) is 2.16. The molecular formula is C8H15ClO2. The van der Waals surface area contributed by atoms with Crippen molar-refractivity contribution in [2.75, 3.05) is 5.88 Å². The molecule has 1 fully saturated rings. The number of ether oxygens (including phenoxy) is 2. The summed E-state index contributed by atoms with van der Waals surface area (Å²) < 4.78 is 11.2. The average Bonchev–Trinajstić information content (AvgIpc) is 1.99. The minimum atomic E-state index is -0.483. The first-order valence-electron chi connectivity index (χ1n) is 3.81. The highest BCUT2D eigenvalue weighted by molar-refractivity contribution is 6.18. The smallest absolute Gasteiger partial charge is 0.164 e. The van der Waals surface area contributed by atoms with Crippen LogP contribution in [0.2, 0.25) is 0 Å². The topological polar surface area (TPSA) is 18.5 Å². The first-order chi connectivity index (χ1) is 4.87. The molecule has 0 bridgehead atoms. The van der Waals surface area contributed by atoms with Gasteiger partial charge in [0.25, 0.3) is 0 Å². The molecule has 0 saturated carbocycles. The van der Waals surface area contributed by atoms with E-state index in [9.17, 15) is 0 Å². The molecule has 0 radical (unpaired) electrons. The fraction of sp³-hybridized carbons (Fsp3) is 1.00. The van der Waals surface area contributed by atoms with Crippen molar-refractivity contribution in [1.29, 1.82) is 0 Å². The summed E-state index contributed by atoms with van der Waals surface area (Å²) in [7, 11) is 0. The van der Waals surface area contributed by atoms with Crippen LogP contribution in [0.5, 0.6) is 0 Å². The largest absolute Gasteiger partial charge is 0.343 e. The summed E-state index contributed by atoms with van der Waals surface area (Å²) in [5, 5.41) is 0. The summed E-state index contributed by atoms with van der Waals surface area (Å²) in [5.41, 5.74) is -0.259. The maximum Gasteiger partial charge on any atom is 0.164 e. The predicted molar refractivity (Wildman–Crippen MR) is 44.8 cm³/mol. The van der Waals surface area contributed by atoms with Gasteiger partial charge in [-0.15, -0.1) is 11.6 Å². The molecule has 1 aliphatic rings. The fourth-order valence-electron chi connectivity index (χ4n) is 1.43. The summed E-state index contributed by atoms with van der Waals surface area (Å²) in [5.74, 6) is -0.000509. The molecule has 1 aliphatic heterocycles. The van der Waals surface area contributed by atoms with E-state index in [4.69, 9.17) is 21.1 Å². The molecule has 0 N–H and O–H groups in total. The Hall–Kier alpha value is 0.210. The molecule has 1 saturated heterocycles. The number of hydrogen-bond acceptors (Lipinski definition) is 2. The maximum atomic E-state index is 5.71. The zero-order valence-corrected chi connectivity index (χ0v) is 8.23. The highest BCUT2D eigenvalue weighted by Crippen LogP contribution is 2.36. The summed E-state index contributed by atoms with van der Waals surface area (Å²) in [6, 6.07) is 0. The zero-order valence-electron chi connectivity index (χ0n) is 7.48. The monoisotopic (exact) mass is 178 g/mol. The molecule has 11 heavy (non-hydrogen) atoms. The first kappa shape index (κ1) is 9.30. The van der Waals surface area contributed by atoms with Crippen LogP contribution >= 0.6 is 11.6 Å². The van der Waals surface area contributed by atoms with Crippen LogP contribution in [0.4, 0.5) is 0 Å². The van der Waals surface area contributed by atoms with Gasteiger partial charge in [-0.1, -0.05) is 0 Å². The second-order valence-electron chi connectivity index (χ2n) is 3.87. The van der Waals surface area contributed by atoms with Gasteiger partial charge in [0.15, 0.2) is 5.79 Å². The van der Waals surface area contributed by atoms with Crippen LogP contribution in [-0.2, 0) is 9.47 Å². The van der Waals surface area contributed by atoms with E-state index in [1.807, 2.05) is 27.7 Å². The molecule has 1 heterocycles. The Kier molecular flexibility index (Phi) is 2.21. The Morgan fingerprint density at radius 1 is 1.27 bits per heavy atom. The minimum Gasteiger partial charge on any atom is -0.343 e. The second kappa shape index (κ2) is 2.61. The van der Waals surface area contributed by atoms with Gasteiger partial charge in [0.2, 0.25) is 0 Å². The van der Waals surface area contributed by atoms with Crippen LogP contribution in [0.3, 0.4) is 0 Å². The van der Waals surface area contributed by atoms with E-state index in [1.165, 1.54) is 0 Å². The van der Waals surface area contributed by atoms with Crippen LogP contribution in [0.25, 0.3) is 0 Å². The van der Waals surface area contributed by atoms with E-state index in [1.54, 1.807) is 0 Å². The van der Waals surface area contributed by atoms with Crippen molar-refractivity contribution < 1.29 is 9.47 Å². The van der Waals surface area contributed by atoms with Crippen molar-refractivity contribution >= 4 is 11.6 Å². The van der Waals surface area contributed by atoms with Gasteiger partial charge in [-0.2, -0.15) is 0 Å². The lowest BCUT2D eigenvalue weighted by molar-refractivity contribution is -0.156. The van der Waals surface area contributed by atoms with Crippen molar-refractivity contribution in [2.24, 2.45) is 0 Å². The van der Waals surface area contributed by atoms with E-state index < -0.39 is 5.79 Å². The van der Waals surface area contributed by atoms with Crippen LogP contribution in [0.15, 0.2) is 0 Å². The molecule has 0 aromatic carbocycles. The molecule has 2 nitrogen and oxygen atoms in total. The molecule has 1 rings (SSSR count). The van der Waals surface area contributed by atoms with Crippen molar-refractivity contribution in [3.05, 3.63) is 0 Å². The Morgan fingerprint density at radius 2 is 1.82 bits per heavy atom. The molecule has 0 amide bonds. The standard InChI is InChI=1S/C8H15ClO2/c1-7(2)6(5-9)10-8(3,4)11-7/h6H,5H2,1-4H3. The maximum absolute atomic E-state index is 5.71.